The zero-order valence-electron chi connectivity index (χ0n) is 16.3. The maximum atomic E-state index is 13.3. The minimum atomic E-state index is -0.670. The van der Waals surface area contributed by atoms with Crippen molar-refractivity contribution in [1.29, 1.82) is 0 Å². The molecule has 0 atom stereocenters. The van der Waals surface area contributed by atoms with Crippen molar-refractivity contribution in [2.24, 2.45) is 0 Å². The Morgan fingerprint density at radius 3 is 2.57 bits per heavy atom. The SMILES string of the molecule is CC(C)(C)OC(=O)N[C@H]1CC[C@H](Nc2ncc3nc(Cl)cc(CF)c3n2)CC1. The molecule has 0 unspecified atom stereocenters. The van der Waals surface area contributed by atoms with Crippen LogP contribution in [-0.4, -0.2) is 38.7 Å². The van der Waals surface area contributed by atoms with Gasteiger partial charge in [0.2, 0.25) is 5.95 Å². The number of pyridine rings is 1. The summed E-state index contributed by atoms with van der Waals surface area (Å²) in [6, 6.07) is 1.76. The molecule has 1 saturated carbocycles. The van der Waals surface area contributed by atoms with Crippen LogP contribution in [0, 0.1) is 0 Å². The van der Waals surface area contributed by atoms with E-state index < -0.39 is 12.3 Å². The maximum absolute atomic E-state index is 13.3. The third kappa shape index (κ3) is 5.41. The van der Waals surface area contributed by atoms with Gasteiger partial charge in [-0.15, -0.1) is 0 Å². The predicted octanol–water partition coefficient (Wildman–Crippen LogP) is 4.40. The number of halogens is 2. The monoisotopic (exact) mass is 409 g/mol. The van der Waals surface area contributed by atoms with Crippen molar-refractivity contribution >= 4 is 34.7 Å². The number of fused-ring (bicyclic) bond motifs is 1. The molecule has 3 rings (SSSR count). The predicted molar refractivity (Wildman–Crippen MR) is 106 cm³/mol. The van der Waals surface area contributed by atoms with Crippen molar-refractivity contribution in [1.82, 2.24) is 20.3 Å². The Bertz CT molecular complexity index is 850. The normalized spacial score (nSPS) is 20.0. The highest BCUT2D eigenvalue weighted by Gasteiger charge is 2.25. The Balaban J connectivity index is 1.57. The van der Waals surface area contributed by atoms with E-state index in [1.165, 1.54) is 6.07 Å². The van der Waals surface area contributed by atoms with Crippen molar-refractivity contribution in [2.75, 3.05) is 5.32 Å². The molecule has 1 aliphatic carbocycles. The molecule has 1 fully saturated rings. The molecule has 2 heterocycles. The highest BCUT2D eigenvalue weighted by molar-refractivity contribution is 6.29. The standard InChI is InChI=1S/C19H25ClFN5O2/c1-19(2,3)28-18(27)24-13-6-4-12(5-7-13)23-17-22-10-14-16(26-17)11(9-21)8-15(20)25-14/h8,10,12-13H,4-7,9H2,1-3H3,(H,24,27)(H,22,23,26)/t12-,13-. The second-order valence-corrected chi connectivity index (χ2v) is 8.39. The minimum absolute atomic E-state index is 0.0925. The van der Waals surface area contributed by atoms with Crippen molar-refractivity contribution in [2.45, 2.75) is 70.8 Å². The van der Waals surface area contributed by atoms with Crippen molar-refractivity contribution in [3.63, 3.8) is 0 Å². The molecule has 1 amide bonds. The first kappa shape index (κ1) is 20.5. The second-order valence-electron chi connectivity index (χ2n) is 8.00. The van der Waals surface area contributed by atoms with Gasteiger partial charge in [-0.05, 0) is 52.5 Å². The van der Waals surface area contributed by atoms with Crippen LogP contribution in [0.2, 0.25) is 5.15 Å². The lowest BCUT2D eigenvalue weighted by atomic mass is 9.91. The quantitative estimate of drug-likeness (QED) is 0.727. The van der Waals surface area contributed by atoms with Gasteiger partial charge in [0.25, 0.3) is 0 Å². The van der Waals surface area contributed by atoms with Crippen LogP contribution in [0.5, 0.6) is 0 Å². The largest absolute Gasteiger partial charge is 0.444 e. The minimum Gasteiger partial charge on any atom is -0.444 e. The van der Waals surface area contributed by atoms with E-state index in [-0.39, 0.29) is 23.3 Å². The number of carbonyl (C=O) groups is 1. The summed E-state index contributed by atoms with van der Waals surface area (Å²) < 4.78 is 18.6. The molecule has 0 spiro atoms. The third-order valence-corrected chi connectivity index (χ3v) is 4.71. The number of ether oxygens (including phenoxy) is 1. The Kier molecular flexibility index (Phi) is 6.17. The molecule has 1 aliphatic rings. The van der Waals surface area contributed by atoms with E-state index in [9.17, 15) is 9.18 Å². The van der Waals surface area contributed by atoms with Gasteiger partial charge in [-0.2, -0.15) is 0 Å². The van der Waals surface area contributed by atoms with Crippen LogP contribution in [0.3, 0.4) is 0 Å². The zero-order valence-corrected chi connectivity index (χ0v) is 17.0. The number of anilines is 1. The van der Waals surface area contributed by atoms with E-state index in [1.807, 2.05) is 20.8 Å². The highest BCUT2D eigenvalue weighted by atomic mass is 35.5. The van der Waals surface area contributed by atoms with Gasteiger partial charge in [0.1, 0.15) is 28.5 Å². The molecule has 0 aliphatic heterocycles. The van der Waals surface area contributed by atoms with Gasteiger partial charge in [0.05, 0.1) is 6.20 Å². The molecular formula is C19H25ClFN5O2. The molecule has 2 N–H and O–H groups in total. The van der Waals surface area contributed by atoms with Crippen LogP contribution >= 0.6 is 11.6 Å². The number of aromatic nitrogens is 3. The number of nitrogens with one attached hydrogen (secondary N) is 2. The topological polar surface area (TPSA) is 89.0 Å². The summed E-state index contributed by atoms with van der Waals surface area (Å²) >= 11 is 5.90. The lowest BCUT2D eigenvalue weighted by Crippen LogP contribution is -2.42. The zero-order chi connectivity index (χ0) is 20.3. The van der Waals surface area contributed by atoms with Crippen molar-refractivity contribution in [3.05, 3.63) is 23.0 Å². The van der Waals surface area contributed by atoms with Gasteiger partial charge >= 0.3 is 6.09 Å². The molecular weight excluding hydrogens is 385 g/mol. The highest BCUT2D eigenvalue weighted by Crippen LogP contribution is 2.24. The Morgan fingerprint density at radius 2 is 1.93 bits per heavy atom. The van der Waals surface area contributed by atoms with Gasteiger partial charge in [0.15, 0.2) is 0 Å². The summed E-state index contributed by atoms with van der Waals surface area (Å²) in [7, 11) is 0. The van der Waals surface area contributed by atoms with Crippen LogP contribution in [0.4, 0.5) is 15.1 Å². The average Bonchev–Trinajstić information content (AvgIpc) is 2.61. The number of carbonyl (C=O) groups excluding carboxylic acids is 1. The van der Waals surface area contributed by atoms with Crippen LogP contribution in [-0.2, 0) is 11.4 Å². The van der Waals surface area contributed by atoms with Crippen LogP contribution in [0.15, 0.2) is 12.3 Å². The smallest absolute Gasteiger partial charge is 0.407 e. The molecule has 2 aromatic heterocycles. The fourth-order valence-corrected chi connectivity index (χ4v) is 3.49. The molecule has 0 radical (unpaired) electrons. The third-order valence-electron chi connectivity index (χ3n) is 4.52. The summed E-state index contributed by atoms with van der Waals surface area (Å²) in [5.41, 5.74) is 0.819. The molecule has 9 heteroatoms. The molecule has 7 nitrogen and oxygen atoms in total. The van der Waals surface area contributed by atoms with Crippen molar-refractivity contribution < 1.29 is 13.9 Å². The van der Waals surface area contributed by atoms with E-state index in [4.69, 9.17) is 16.3 Å². The number of amides is 1. The molecule has 0 bridgehead atoms. The van der Waals surface area contributed by atoms with Gasteiger partial charge in [0, 0.05) is 17.6 Å². The lowest BCUT2D eigenvalue weighted by molar-refractivity contribution is 0.0492. The van der Waals surface area contributed by atoms with Crippen LogP contribution in [0.25, 0.3) is 11.0 Å². The van der Waals surface area contributed by atoms with Gasteiger partial charge in [-0.3, -0.25) is 0 Å². The Hall–Kier alpha value is -2.22. The fraction of sp³-hybridized carbons (Fsp3) is 0.579. The molecule has 0 saturated heterocycles. The number of rotatable bonds is 4. The lowest BCUT2D eigenvalue weighted by Gasteiger charge is -2.30. The maximum Gasteiger partial charge on any atom is 0.407 e. The molecule has 2 aromatic rings. The van der Waals surface area contributed by atoms with Gasteiger partial charge in [-0.25, -0.2) is 24.1 Å². The Morgan fingerprint density at radius 1 is 1.25 bits per heavy atom. The van der Waals surface area contributed by atoms with E-state index in [0.29, 0.717) is 22.5 Å². The van der Waals surface area contributed by atoms with Crippen LogP contribution in [0.1, 0.15) is 52.0 Å². The van der Waals surface area contributed by atoms with E-state index in [1.54, 1.807) is 6.20 Å². The average molecular weight is 410 g/mol. The van der Waals surface area contributed by atoms with Crippen LogP contribution < -0.4 is 10.6 Å². The number of hydrogen-bond acceptors (Lipinski definition) is 6. The summed E-state index contributed by atoms with van der Waals surface area (Å²) in [5.74, 6) is 0.440. The first-order valence-corrected chi connectivity index (χ1v) is 9.75. The molecule has 152 valence electrons. The molecule has 0 aromatic carbocycles. The number of alkyl halides is 1. The van der Waals surface area contributed by atoms with Crippen molar-refractivity contribution in [3.8, 4) is 0 Å². The first-order valence-electron chi connectivity index (χ1n) is 9.37. The van der Waals surface area contributed by atoms with Gasteiger partial charge in [-0.1, -0.05) is 11.6 Å². The van der Waals surface area contributed by atoms with Gasteiger partial charge < -0.3 is 15.4 Å². The summed E-state index contributed by atoms with van der Waals surface area (Å²) in [4.78, 5) is 24.7. The second kappa shape index (κ2) is 8.43. The number of hydrogen-bond donors (Lipinski definition) is 2. The summed E-state index contributed by atoms with van der Waals surface area (Å²) in [5, 5.41) is 6.45. The Labute approximate surface area is 168 Å². The number of nitrogens with zero attached hydrogens (tertiary/aromatic N) is 3. The first-order chi connectivity index (χ1) is 13.2. The molecule has 28 heavy (non-hydrogen) atoms. The number of alkyl carbamates (subject to hydrolysis) is 1. The van der Waals surface area contributed by atoms with E-state index in [2.05, 4.69) is 25.6 Å². The van der Waals surface area contributed by atoms with E-state index in [0.717, 1.165) is 25.7 Å². The summed E-state index contributed by atoms with van der Waals surface area (Å²) in [6.07, 6.45) is 4.54. The fourth-order valence-electron chi connectivity index (χ4n) is 3.26. The summed E-state index contributed by atoms with van der Waals surface area (Å²) in [6.45, 7) is 4.86. The van der Waals surface area contributed by atoms with E-state index >= 15 is 0 Å².